The minimum absolute atomic E-state index is 0.0823. The molecule has 3 N–H and O–H groups in total. The lowest BCUT2D eigenvalue weighted by Gasteiger charge is -2.24. The molecular formula is C11H15F3N4O4. The fraction of sp³-hybridized carbons (Fsp3) is 0.636. The molecule has 22 heavy (non-hydrogen) atoms. The fourth-order valence-electron chi connectivity index (χ4n) is 1.88. The molecule has 1 saturated heterocycles. The zero-order valence-electron chi connectivity index (χ0n) is 11.8. The predicted octanol–water partition coefficient (Wildman–Crippen LogP) is 0.336. The van der Waals surface area contributed by atoms with E-state index < -0.39 is 17.7 Å². The number of carboxylic acids is 1. The number of hydrogen-bond acceptors (Lipinski definition) is 6. The van der Waals surface area contributed by atoms with Crippen LogP contribution >= 0.6 is 0 Å². The number of aromatic nitrogens is 2. The second-order valence-corrected chi connectivity index (χ2v) is 4.63. The first kappa shape index (κ1) is 17.9. The number of aryl methyl sites for hydroxylation is 1. The highest BCUT2D eigenvalue weighted by atomic mass is 19.4. The molecule has 1 aliphatic rings. The van der Waals surface area contributed by atoms with Gasteiger partial charge in [0.05, 0.1) is 0 Å². The molecule has 2 rings (SSSR count). The van der Waals surface area contributed by atoms with E-state index in [9.17, 15) is 18.0 Å². The summed E-state index contributed by atoms with van der Waals surface area (Å²) in [6.45, 7) is 4.72. The van der Waals surface area contributed by atoms with Gasteiger partial charge in [-0.15, -0.1) is 0 Å². The van der Waals surface area contributed by atoms with Crippen LogP contribution in [0.5, 0.6) is 0 Å². The third-order valence-electron chi connectivity index (χ3n) is 2.77. The van der Waals surface area contributed by atoms with E-state index in [1.807, 2.05) is 0 Å². The molecule has 0 spiro atoms. The lowest BCUT2D eigenvalue weighted by molar-refractivity contribution is -0.192. The highest BCUT2D eigenvalue weighted by Gasteiger charge is 2.40. The first-order valence-electron chi connectivity index (χ1n) is 6.17. The molecule has 1 atom stereocenters. The van der Waals surface area contributed by atoms with Crippen molar-refractivity contribution in [2.75, 3.05) is 13.1 Å². The lowest BCUT2D eigenvalue weighted by Crippen LogP contribution is -2.47. The number of carboxylic acid groups (broad SMARTS) is 1. The lowest BCUT2D eigenvalue weighted by atomic mass is 9.97. The normalized spacial score (nSPS) is 21.0. The average Bonchev–Trinajstić information content (AvgIpc) is 2.98. The highest BCUT2D eigenvalue weighted by molar-refractivity contribution is 5.74. The van der Waals surface area contributed by atoms with Gasteiger partial charge in [0, 0.05) is 20.4 Å². The van der Waals surface area contributed by atoms with Crippen LogP contribution in [0.2, 0.25) is 0 Å². The van der Waals surface area contributed by atoms with Crippen molar-refractivity contribution < 1.29 is 32.4 Å². The second-order valence-electron chi connectivity index (χ2n) is 4.63. The SMILES string of the molecule is CC(=O)NC1(c2noc(C)n2)CCNC1.O=C(O)C(F)(F)F. The molecule has 0 saturated carbocycles. The summed E-state index contributed by atoms with van der Waals surface area (Å²) >= 11 is 0. The van der Waals surface area contributed by atoms with Crippen molar-refractivity contribution in [1.29, 1.82) is 0 Å². The summed E-state index contributed by atoms with van der Waals surface area (Å²) in [5, 5.41) is 17.1. The Hall–Kier alpha value is -2.17. The van der Waals surface area contributed by atoms with E-state index in [1.165, 1.54) is 6.92 Å². The molecular weight excluding hydrogens is 309 g/mol. The van der Waals surface area contributed by atoms with Crippen molar-refractivity contribution in [2.24, 2.45) is 0 Å². The van der Waals surface area contributed by atoms with Crippen LogP contribution in [-0.2, 0) is 15.1 Å². The van der Waals surface area contributed by atoms with Crippen molar-refractivity contribution in [1.82, 2.24) is 20.8 Å². The molecule has 0 bridgehead atoms. The van der Waals surface area contributed by atoms with Crippen molar-refractivity contribution >= 4 is 11.9 Å². The molecule has 11 heteroatoms. The monoisotopic (exact) mass is 324 g/mol. The smallest absolute Gasteiger partial charge is 0.475 e. The maximum Gasteiger partial charge on any atom is 0.490 e. The van der Waals surface area contributed by atoms with Gasteiger partial charge in [-0.3, -0.25) is 4.79 Å². The van der Waals surface area contributed by atoms with Gasteiger partial charge in [0.1, 0.15) is 5.54 Å². The zero-order chi connectivity index (χ0) is 17.0. The van der Waals surface area contributed by atoms with Gasteiger partial charge in [-0.25, -0.2) is 4.79 Å². The number of alkyl halides is 3. The van der Waals surface area contributed by atoms with E-state index >= 15 is 0 Å². The molecule has 8 nitrogen and oxygen atoms in total. The Morgan fingerprint density at radius 2 is 2.05 bits per heavy atom. The van der Waals surface area contributed by atoms with Gasteiger partial charge >= 0.3 is 12.1 Å². The summed E-state index contributed by atoms with van der Waals surface area (Å²) in [6.07, 6.45) is -4.30. The van der Waals surface area contributed by atoms with Crippen LogP contribution < -0.4 is 10.6 Å². The van der Waals surface area contributed by atoms with Crippen LogP contribution in [-0.4, -0.2) is 46.4 Å². The number of rotatable bonds is 2. The van der Waals surface area contributed by atoms with Crippen LogP contribution in [0.15, 0.2) is 4.52 Å². The number of amides is 1. The largest absolute Gasteiger partial charge is 0.490 e. The number of nitrogens with one attached hydrogen (secondary N) is 2. The fourth-order valence-corrected chi connectivity index (χ4v) is 1.88. The summed E-state index contributed by atoms with van der Waals surface area (Å²) in [6, 6.07) is 0. The van der Waals surface area contributed by atoms with Gasteiger partial charge in [-0.05, 0) is 13.0 Å². The molecule has 1 aromatic rings. The maximum absolute atomic E-state index is 11.2. The Labute approximate surface area is 123 Å². The highest BCUT2D eigenvalue weighted by Crippen LogP contribution is 2.25. The first-order valence-corrected chi connectivity index (χ1v) is 6.17. The van der Waals surface area contributed by atoms with Gasteiger partial charge in [-0.1, -0.05) is 5.16 Å². The molecule has 0 aromatic carbocycles. The van der Waals surface area contributed by atoms with Gasteiger partial charge in [0.15, 0.2) is 5.82 Å². The van der Waals surface area contributed by atoms with Crippen molar-refractivity contribution in [3.63, 3.8) is 0 Å². The van der Waals surface area contributed by atoms with E-state index in [0.717, 1.165) is 13.0 Å². The minimum Gasteiger partial charge on any atom is -0.475 e. The topological polar surface area (TPSA) is 117 Å². The van der Waals surface area contributed by atoms with E-state index in [2.05, 4.69) is 20.8 Å². The molecule has 0 radical (unpaired) electrons. The number of carbonyl (C=O) groups is 2. The molecule has 1 aliphatic heterocycles. The Kier molecular flexibility index (Phi) is 5.47. The van der Waals surface area contributed by atoms with Gasteiger partial charge < -0.3 is 20.3 Å². The van der Waals surface area contributed by atoms with Crippen LogP contribution in [0.25, 0.3) is 0 Å². The van der Waals surface area contributed by atoms with E-state index in [0.29, 0.717) is 18.3 Å². The molecule has 1 unspecified atom stereocenters. The maximum atomic E-state index is 11.2. The number of aliphatic carboxylic acids is 1. The second kappa shape index (κ2) is 6.73. The van der Waals surface area contributed by atoms with Crippen molar-refractivity contribution in [3.8, 4) is 0 Å². The summed E-state index contributed by atoms with van der Waals surface area (Å²) in [7, 11) is 0. The number of nitrogens with zero attached hydrogens (tertiary/aromatic N) is 2. The Balaban J connectivity index is 0.000000295. The van der Waals surface area contributed by atoms with Gasteiger partial charge in [-0.2, -0.15) is 18.2 Å². The average molecular weight is 324 g/mol. The zero-order valence-corrected chi connectivity index (χ0v) is 11.8. The van der Waals surface area contributed by atoms with E-state index in [-0.39, 0.29) is 5.91 Å². The minimum atomic E-state index is -5.08. The molecule has 124 valence electrons. The third-order valence-corrected chi connectivity index (χ3v) is 2.77. The van der Waals surface area contributed by atoms with Gasteiger partial charge in [0.2, 0.25) is 11.8 Å². The summed E-state index contributed by atoms with van der Waals surface area (Å²) in [5.74, 6) is -1.77. The summed E-state index contributed by atoms with van der Waals surface area (Å²) in [4.78, 5) is 24.2. The van der Waals surface area contributed by atoms with Crippen molar-refractivity contribution in [3.05, 3.63) is 11.7 Å². The Bertz CT molecular complexity index is 538. The third kappa shape index (κ3) is 4.69. The Morgan fingerprint density at radius 3 is 2.36 bits per heavy atom. The molecule has 1 aromatic heterocycles. The molecule has 2 heterocycles. The van der Waals surface area contributed by atoms with E-state index in [1.54, 1.807) is 6.92 Å². The summed E-state index contributed by atoms with van der Waals surface area (Å²) < 4.78 is 36.7. The number of halogens is 3. The number of hydrogen-bond donors (Lipinski definition) is 3. The number of carbonyl (C=O) groups excluding carboxylic acids is 1. The predicted molar refractivity (Wildman–Crippen MR) is 65.7 cm³/mol. The van der Waals surface area contributed by atoms with Crippen LogP contribution in [0.1, 0.15) is 25.1 Å². The molecule has 1 amide bonds. The van der Waals surface area contributed by atoms with Crippen LogP contribution in [0, 0.1) is 6.92 Å². The van der Waals surface area contributed by atoms with Crippen LogP contribution in [0.4, 0.5) is 13.2 Å². The van der Waals surface area contributed by atoms with Crippen molar-refractivity contribution in [2.45, 2.75) is 32.0 Å². The standard InChI is InChI=1S/C9H14N4O2.C2HF3O2/c1-6(14)12-9(3-4-10-5-9)8-11-7(2)15-13-8;3-2(4,5)1(6)7/h10H,3-5H2,1-2H3,(H,12,14);(H,6,7). The first-order chi connectivity index (χ1) is 10.1. The van der Waals surface area contributed by atoms with E-state index in [4.69, 9.17) is 14.4 Å². The van der Waals surface area contributed by atoms with Crippen LogP contribution in [0.3, 0.4) is 0 Å². The summed E-state index contributed by atoms with van der Waals surface area (Å²) in [5.41, 5.74) is -0.496. The van der Waals surface area contributed by atoms with Gasteiger partial charge in [0.25, 0.3) is 0 Å². The Morgan fingerprint density at radius 1 is 1.45 bits per heavy atom. The molecule has 1 fully saturated rings. The molecule has 0 aliphatic carbocycles. The quantitative estimate of drug-likeness (QED) is 0.718.